The average molecular weight is 296 g/mol. The second-order valence-corrected chi connectivity index (χ2v) is 4.79. The van der Waals surface area contributed by atoms with Crippen LogP contribution in [0, 0.1) is 11.3 Å². The Morgan fingerprint density at radius 2 is 1.95 bits per heavy atom. The Balaban J connectivity index is 1.90. The summed E-state index contributed by atoms with van der Waals surface area (Å²) in [4.78, 5) is 0. The molecular weight excluding hydrogens is 286 g/mol. The van der Waals surface area contributed by atoms with E-state index >= 15 is 0 Å². The fourth-order valence-corrected chi connectivity index (χ4v) is 2.12. The molecule has 3 rings (SSSR count). The molecule has 0 spiro atoms. The molecule has 2 aromatic carbocycles. The average Bonchev–Trinajstić information content (AvgIpc) is 2.96. The first-order valence-electron chi connectivity index (χ1n) is 6.23. The van der Waals surface area contributed by atoms with Crippen LogP contribution >= 0.6 is 11.6 Å². The van der Waals surface area contributed by atoms with Gasteiger partial charge in [-0.15, -0.1) is 0 Å². The van der Waals surface area contributed by atoms with Crippen molar-refractivity contribution in [2.45, 2.75) is 0 Å². The molecule has 0 saturated heterocycles. The van der Waals surface area contributed by atoms with Gasteiger partial charge < -0.3 is 4.74 Å². The summed E-state index contributed by atoms with van der Waals surface area (Å²) in [7, 11) is 0. The summed E-state index contributed by atoms with van der Waals surface area (Å²) in [5.41, 5.74) is 2.23. The predicted octanol–water partition coefficient (Wildman–Crippen LogP) is 4.39. The third kappa shape index (κ3) is 2.88. The maximum atomic E-state index is 8.79. The summed E-state index contributed by atoms with van der Waals surface area (Å²) < 4.78 is 5.80. The van der Waals surface area contributed by atoms with Gasteiger partial charge in [-0.2, -0.15) is 10.4 Å². The van der Waals surface area contributed by atoms with Crippen LogP contribution in [0.2, 0.25) is 5.02 Å². The summed E-state index contributed by atoms with van der Waals surface area (Å²) >= 11 is 6.00. The van der Waals surface area contributed by atoms with Crippen molar-refractivity contribution >= 4 is 11.6 Å². The maximum Gasteiger partial charge on any atom is 0.172 e. The molecule has 0 aliphatic carbocycles. The molecule has 5 heteroatoms. The zero-order valence-corrected chi connectivity index (χ0v) is 11.6. The largest absolute Gasteiger partial charge is 0.453 e. The van der Waals surface area contributed by atoms with Gasteiger partial charge >= 0.3 is 0 Å². The molecule has 0 saturated carbocycles. The molecule has 102 valence electrons. The van der Waals surface area contributed by atoms with E-state index in [0.717, 1.165) is 11.3 Å². The number of halogens is 1. The number of benzene rings is 2. The van der Waals surface area contributed by atoms with E-state index < -0.39 is 0 Å². The lowest BCUT2D eigenvalue weighted by atomic mass is 10.1. The first-order valence-corrected chi connectivity index (χ1v) is 6.61. The number of aromatic nitrogens is 2. The SMILES string of the molecule is N#Cc1ccc(Oc2cn[nH]c2-c2cccc(Cl)c2)cc1. The van der Waals surface area contributed by atoms with Gasteiger partial charge in [0.1, 0.15) is 11.4 Å². The number of nitrogens with one attached hydrogen (secondary N) is 1. The van der Waals surface area contributed by atoms with E-state index in [1.54, 1.807) is 30.5 Å². The van der Waals surface area contributed by atoms with Crippen molar-refractivity contribution in [3.8, 4) is 28.8 Å². The van der Waals surface area contributed by atoms with Gasteiger partial charge in [0, 0.05) is 10.6 Å². The van der Waals surface area contributed by atoms with E-state index in [4.69, 9.17) is 21.6 Å². The third-order valence-corrected chi connectivity index (χ3v) is 3.16. The van der Waals surface area contributed by atoms with E-state index in [0.29, 0.717) is 22.1 Å². The van der Waals surface area contributed by atoms with Gasteiger partial charge in [0.2, 0.25) is 0 Å². The van der Waals surface area contributed by atoms with Gasteiger partial charge in [0.15, 0.2) is 5.75 Å². The van der Waals surface area contributed by atoms with Crippen LogP contribution in [0.3, 0.4) is 0 Å². The van der Waals surface area contributed by atoms with Crippen LogP contribution in [-0.2, 0) is 0 Å². The van der Waals surface area contributed by atoms with Crippen molar-refractivity contribution in [2.75, 3.05) is 0 Å². The fraction of sp³-hybridized carbons (Fsp3) is 0. The number of nitriles is 1. The summed E-state index contributed by atoms with van der Waals surface area (Å²) in [5.74, 6) is 1.24. The maximum absolute atomic E-state index is 8.79. The minimum atomic E-state index is 0.588. The fourth-order valence-electron chi connectivity index (χ4n) is 1.93. The topological polar surface area (TPSA) is 61.7 Å². The molecule has 0 bridgehead atoms. The Kier molecular flexibility index (Phi) is 3.59. The standard InChI is InChI=1S/C16H10ClN3O/c17-13-3-1-2-12(8-13)16-15(10-19-20-16)21-14-6-4-11(9-18)5-7-14/h1-8,10H,(H,19,20). The van der Waals surface area contributed by atoms with Crippen molar-refractivity contribution in [2.24, 2.45) is 0 Å². The van der Waals surface area contributed by atoms with Gasteiger partial charge in [-0.05, 0) is 36.4 Å². The summed E-state index contributed by atoms with van der Waals surface area (Å²) in [5, 5.41) is 16.3. The van der Waals surface area contributed by atoms with Crippen LogP contribution in [0.5, 0.6) is 11.5 Å². The number of aromatic amines is 1. The highest BCUT2D eigenvalue weighted by molar-refractivity contribution is 6.30. The zero-order valence-electron chi connectivity index (χ0n) is 10.9. The van der Waals surface area contributed by atoms with Gasteiger partial charge in [-0.3, -0.25) is 5.10 Å². The van der Waals surface area contributed by atoms with Crippen molar-refractivity contribution in [1.82, 2.24) is 10.2 Å². The van der Waals surface area contributed by atoms with Gasteiger partial charge in [-0.1, -0.05) is 23.7 Å². The number of ether oxygens (including phenoxy) is 1. The number of hydrogen-bond acceptors (Lipinski definition) is 3. The van der Waals surface area contributed by atoms with E-state index in [2.05, 4.69) is 16.3 Å². The molecule has 0 fully saturated rings. The quantitative estimate of drug-likeness (QED) is 0.779. The van der Waals surface area contributed by atoms with Crippen LogP contribution < -0.4 is 4.74 Å². The Morgan fingerprint density at radius 3 is 2.67 bits per heavy atom. The molecule has 1 aromatic heterocycles. The minimum Gasteiger partial charge on any atom is -0.453 e. The molecule has 0 aliphatic rings. The Hall–Kier alpha value is -2.77. The molecule has 0 radical (unpaired) electrons. The molecule has 3 aromatic rings. The van der Waals surface area contributed by atoms with Crippen LogP contribution in [0.1, 0.15) is 5.56 Å². The third-order valence-electron chi connectivity index (χ3n) is 2.93. The molecule has 0 unspecified atom stereocenters. The number of hydrogen-bond donors (Lipinski definition) is 1. The molecule has 1 heterocycles. The van der Waals surface area contributed by atoms with Gasteiger partial charge in [0.05, 0.1) is 17.8 Å². The van der Waals surface area contributed by atoms with Crippen molar-refractivity contribution < 1.29 is 4.74 Å². The van der Waals surface area contributed by atoms with Crippen LogP contribution in [0.4, 0.5) is 0 Å². The van der Waals surface area contributed by atoms with Crippen LogP contribution in [-0.4, -0.2) is 10.2 Å². The highest BCUT2D eigenvalue weighted by atomic mass is 35.5. The molecule has 1 N–H and O–H groups in total. The summed E-state index contributed by atoms with van der Waals surface area (Å²) in [6.45, 7) is 0. The molecule has 0 aliphatic heterocycles. The van der Waals surface area contributed by atoms with Crippen LogP contribution in [0.25, 0.3) is 11.3 Å². The Labute approximate surface area is 126 Å². The second kappa shape index (κ2) is 5.70. The van der Waals surface area contributed by atoms with Crippen molar-refractivity contribution in [1.29, 1.82) is 5.26 Å². The summed E-state index contributed by atoms with van der Waals surface area (Å²) in [6, 6.07) is 16.4. The number of nitrogens with zero attached hydrogens (tertiary/aromatic N) is 2. The predicted molar refractivity (Wildman–Crippen MR) is 80.3 cm³/mol. The first kappa shape index (κ1) is 13.2. The van der Waals surface area contributed by atoms with E-state index in [1.807, 2.05) is 24.3 Å². The lowest BCUT2D eigenvalue weighted by Crippen LogP contribution is -1.86. The summed E-state index contributed by atoms with van der Waals surface area (Å²) in [6.07, 6.45) is 1.61. The number of rotatable bonds is 3. The van der Waals surface area contributed by atoms with E-state index in [1.165, 1.54) is 0 Å². The zero-order chi connectivity index (χ0) is 14.7. The van der Waals surface area contributed by atoms with Crippen molar-refractivity contribution in [3.63, 3.8) is 0 Å². The minimum absolute atomic E-state index is 0.588. The Bertz CT molecular complexity index is 803. The lowest BCUT2D eigenvalue weighted by Gasteiger charge is -2.06. The highest BCUT2D eigenvalue weighted by Crippen LogP contribution is 2.32. The highest BCUT2D eigenvalue weighted by Gasteiger charge is 2.10. The lowest BCUT2D eigenvalue weighted by molar-refractivity contribution is 0.484. The van der Waals surface area contributed by atoms with Gasteiger partial charge in [-0.25, -0.2) is 0 Å². The van der Waals surface area contributed by atoms with Crippen LogP contribution in [0.15, 0.2) is 54.7 Å². The van der Waals surface area contributed by atoms with Crippen molar-refractivity contribution in [3.05, 3.63) is 65.3 Å². The first-order chi connectivity index (χ1) is 10.3. The smallest absolute Gasteiger partial charge is 0.172 e. The number of H-pyrrole nitrogens is 1. The second-order valence-electron chi connectivity index (χ2n) is 4.36. The Morgan fingerprint density at radius 1 is 1.14 bits per heavy atom. The van der Waals surface area contributed by atoms with Gasteiger partial charge in [0.25, 0.3) is 0 Å². The monoisotopic (exact) mass is 295 g/mol. The van der Waals surface area contributed by atoms with E-state index in [-0.39, 0.29) is 0 Å². The molecule has 0 amide bonds. The van der Waals surface area contributed by atoms with E-state index in [9.17, 15) is 0 Å². The normalized spacial score (nSPS) is 10.1. The molecule has 4 nitrogen and oxygen atoms in total. The molecule has 0 atom stereocenters. The molecule has 21 heavy (non-hydrogen) atoms. The molecular formula is C16H10ClN3O.